The Kier molecular flexibility index (Phi) is 6.35. The fraction of sp³-hybridized carbons (Fsp3) is 0.360. The molecule has 2 atom stereocenters. The predicted octanol–water partition coefficient (Wildman–Crippen LogP) is 2.62. The summed E-state index contributed by atoms with van der Waals surface area (Å²) in [5, 5.41) is 7.65. The molecule has 0 unspecified atom stereocenters. The molecule has 6 amide bonds. The van der Waals surface area contributed by atoms with Crippen LogP contribution in [0.5, 0.6) is 5.75 Å². The summed E-state index contributed by atoms with van der Waals surface area (Å²) in [6.07, 6.45) is -4.36. The summed E-state index contributed by atoms with van der Waals surface area (Å²) in [6, 6.07) is 4.23. The number of alkyl halides is 3. The number of carbonyl (C=O) groups is 4. The molecule has 206 valence electrons. The maximum Gasteiger partial charge on any atom is 0.412 e. The standard InChI is InChI=1S/C25H23F4N5O5/c1-30-22(37)31-16-3-4-17-13(9-16)6-7-24(17)21(36)34(23(38)32-24)11-20(35)33-10-14-8-15(26)2-5-18(14)39-12-19(33)25(27,28)29/h2-5,8-9,19H,6-7,10-12H2,1H3,(H,32,38)(H2,30,31,37)/t19-,24+/m0/s1. The van der Waals surface area contributed by atoms with E-state index in [1.54, 1.807) is 18.2 Å². The Morgan fingerprint density at radius 1 is 1.15 bits per heavy atom. The van der Waals surface area contributed by atoms with Crippen LogP contribution in [0.1, 0.15) is 23.1 Å². The summed E-state index contributed by atoms with van der Waals surface area (Å²) in [5.74, 6) is -2.64. The Hall–Kier alpha value is -4.36. The van der Waals surface area contributed by atoms with Crippen LogP contribution in [0.25, 0.3) is 0 Å². The molecule has 1 saturated heterocycles. The molecule has 39 heavy (non-hydrogen) atoms. The maximum absolute atomic E-state index is 13.9. The largest absolute Gasteiger partial charge is 0.491 e. The Morgan fingerprint density at radius 3 is 2.64 bits per heavy atom. The topological polar surface area (TPSA) is 120 Å². The number of ether oxygens (including phenoxy) is 1. The van der Waals surface area contributed by atoms with Crippen LogP contribution in [0.2, 0.25) is 0 Å². The lowest BCUT2D eigenvalue weighted by Gasteiger charge is -2.31. The first-order valence-corrected chi connectivity index (χ1v) is 12.0. The Morgan fingerprint density at radius 2 is 1.92 bits per heavy atom. The number of aryl methyl sites for hydroxylation is 1. The molecule has 1 aliphatic carbocycles. The van der Waals surface area contributed by atoms with Gasteiger partial charge in [0.1, 0.15) is 30.3 Å². The van der Waals surface area contributed by atoms with Crippen molar-refractivity contribution in [2.75, 3.05) is 25.5 Å². The number of rotatable bonds is 3. The van der Waals surface area contributed by atoms with E-state index in [1.165, 1.54) is 13.1 Å². The summed E-state index contributed by atoms with van der Waals surface area (Å²) in [7, 11) is 1.45. The van der Waals surface area contributed by atoms with Crippen molar-refractivity contribution >= 4 is 29.6 Å². The quantitative estimate of drug-likeness (QED) is 0.402. The van der Waals surface area contributed by atoms with E-state index in [0.29, 0.717) is 33.0 Å². The highest BCUT2D eigenvalue weighted by atomic mass is 19.4. The molecule has 3 N–H and O–H groups in total. The van der Waals surface area contributed by atoms with Gasteiger partial charge in [-0.2, -0.15) is 13.2 Å². The molecule has 2 aromatic rings. The van der Waals surface area contributed by atoms with Gasteiger partial charge in [0, 0.05) is 18.3 Å². The average Bonchev–Trinajstić information content (AvgIpc) is 3.25. The van der Waals surface area contributed by atoms with E-state index < -0.39 is 67.1 Å². The minimum absolute atomic E-state index is 0.00253. The van der Waals surface area contributed by atoms with E-state index in [4.69, 9.17) is 4.74 Å². The molecule has 1 spiro atoms. The van der Waals surface area contributed by atoms with E-state index >= 15 is 0 Å². The third kappa shape index (κ3) is 4.59. The van der Waals surface area contributed by atoms with Gasteiger partial charge >= 0.3 is 18.2 Å². The lowest BCUT2D eigenvalue weighted by molar-refractivity contribution is -0.195. The van der Waals surface area contributed by atoms with Gasteiger partial charge in [-0.25, -0.2) is 14.0 Å². The van der Waals surface area contributed by atoms with Gasteiger partial charge in [0.2, 0.25) is 5.91 Å². The number of urea groups is 2. The van der Waals surface area contributed by atoms with Crippen LogP contribution in [0.3, 0.4) is 0 Å². The number of hydrogen-bond acceptors (Lipinski definition) is 5. The van der Waals surface area contributed by atoms with Crippen molar-refractivity contribution < 1.29 is 41.5 Å². The number of imide groups is 1. The normalized spacial score (nSPS) is 22.1. The smallest absolute Gasteiger partial charge is 0.412 e. The Bertz CT molecular complexity index is 1380. The molecule has 0 aromatic heterocycles. The van der Waals surface area contributed by atoms with E-state index in [2.05, 4.69) is 16.0 Å². The summed E-state index contributed by atoms with van der Waals surface area (Å²) in [4.78, 5) is 52.3. The van der Waals surface area contributed by atoms with Crippen LogP contribution >= 0.6 is 0 Å². The Balaban J connectivity index is 1.39. The van der Waals surface area contributed by atoms with Gasteiger partial charge in [0.15, 0.2) is 6.04 Å². The van der Waals surface area contributed by atoms with Crippen molar-refractivity contribution in [2.24, 2.45) is 0 Å². The highest BCUT2D eigenvalue weighted by molar-refractivity contribution is 6.10. The predicted molar refractivity (Wildman–Crippen MR) is 127 cm³/mol. The molecule has 2 heterocycles. The zero-order valence-corrected chi connectivity index (χ0v) is 20.5. The monoisotopic (exact) mass is 549 g/mol. The van der Waals surface area contributed by atoms with Crippen LogP contribution < -0.4 is 20.7 Å². The van der Waals surface area contributed by atoms with Crippen molar-refractivity contribution in [1.82, 2.24) is 20.4 Å². The minimum Gasteiger partial charge on any atom is -0.491 e. The van der Waals surface area contributed by atoms with Gasteiger partial charge in [0.05, 0.1) is 6.54 Å². The van der Waals surface area contributed by atoms with E-state index in [-0.39, 0.29) is 17.7 Å². The summed E-state index contributed by atoms with van der Waals surface area (Å²) in [6.45, 7) is -2.51. The van der Waals surface area contributed by atoms with Crippen molar-refractivity contribution in [3.8, 4) is 5.75 Å². The molecule has 2 aromatic carbocycles. The molecule has 0 radical (unpaired) electrons. The van der Waals surface area contributed by atoms with Crippen molar-refractivity contribution in [2.45, 2.75) is 37.1 Å². The second kappa shape index (κ2) is 9.43. The van der Waals surface area contributed by atoms with Crippen LogP contribution in [0.4, 0.5) is 32.8 Å². The van der Waals surface area contributed by atoms with E-state index in [9.17, 15) is 36.7 Å². The van der Waals surface area contributed by atoms with Gasteiger partial charge in [-0.05, 0) is 54.3 Å². The number of nitrogens with zero attached hydrogens (tertiary/aromatic N) is 2. The second-order valence-electron chi connectivity index (χ2n) is 9.44. The molecule has 1 fully saturated rings. The zero-order chi connectivity index (χ0) is 28.1. The van der Waals surface area contributed by atoms with Gasteiger partial charge < -0.3 is 25.6 Å². The van der Waals surface area contributed by atoms with E-state index in [0.717, 1.165) is 12.1 Å². The number of fused-ring (bicyclic) bond motifs is 3. The molecule has 2 aliphatic heterocycles. The highest BCUT2D eigenvalue weighted by Crippen LogP contribution is 2.42. The minimum atomic E-state index is -4.89. The van der Waals surface area contributed by atoms with Gasteiger partial charge in [-0.15, -0.1) is 0 Å². The number of halogens is 4. The summed E-state index contributed by atoms with van der Waals surface area (Å²) < 4.78 is 60.7. The average molecular weight is 549 g/mol. The molecule has 10 nitrogen and oxygen atoms in total. The molecular weight excluding hydrogens is 526 g/mol. The number of amides is 6. The van der Waals surface area contributed by atoms with Crippen molar-refractivity contribution in [3.63, 3.8) is 0 Å². The molecule has 3 aliphatic rings. The fourth-order valence-corrected chi connectivity index (χ4v) is 5.19. The molecule has 0 bridgehead atoms. The number of hydrogen-bond donors (Lipinski definition) is 3. The van der Waals surface area contributed by atoms with Crippen LogP contribution in [0, 0.1) is 5.82 Å². The number of benzene rings is 2. The first-order chi connectivity index (χ1) is 18.4. The summed E-state index contributed by atoms with van der Waals surface area (Å²) >= 11 is 0. The lowest BCUT2D eigenvalue weighted by Crippen LogP contribution is -2.53. The first kappa shape index (κ1) is 26.3. The molecular formula is C25H23F4N5O5. The second-order valence-corrected chi connectivity index (χ2v) is 9.44. The van der Waals surface area contributed by atoms with E-state index in [1.807, 2.05) is 0 Å². The third-order valence-electron chi connectivity index (χ3n) is 7.12. The van der Waals surface area contributed by atoms with Crippen LogP contribution in [-0.4, -0.2) is 66.1 Å². The van der Waals surface area contributed by atoms with Crippen LogP contribution in [0.15, 0.2) is 36.4 Å². The Labute approximate surface area is 219 Å². The van der Waals surface area contributed by atoms with Gasteiger partial charge in [-0.1, -0.05) is 6.07 Å². The van der Waals surface area contributed by atoms with Crippen molar-refractivity contribution in [1.29, 1.82) is 0 Å². The van der Waals surface area contributed by atoms with Gasteiger partial charge in [-0.3, -0.25) is 14.5 Å². The lowest BCUT2D eigenvalue weighted by atomic mass is 9.91. The highest BCUT2D eigenvalue weighted by Gasteiger charge is 2.56. The summed E-state index contributed by atoms with van der Waals surface area (Å²) in [5.41, 5.74) is 0.159. The fourth-order valence-electron chi connectivity index (χ4n) is 5.19. The third-order valence-corrected chi connectivity index (χ3v) is 7.12. The van der Waals surface area contributed by atoms with Gasteiger partial charge in [0.25, 0.3) is 5.91 Å². The molecule has 5 rings (SSSR count). The molecule has 0 saturated carbocycles. The zero-order valence-electron chi connectivity index (χ0n) is 20.5. The van der Waals surface area contributed by atoms with Crippen molar-refractivity contribution in [3.05, 3.63) is 58.9 Å². The maximum atomic E-state index is 13.9. The van der Waals surface area contributed by atoms with Crippen LogP contribution in [-0.2, 0) is 28.1 Å². The first-order valence-electron chi connectivity index (χ1n) is 12.0. The number of nitrogens with one attached hydrogen (secondary N) is 3. The SMILES string of the molecule is CNC(=O)Nc1ccc2c(c1)CC[C@@]21NC(=O)N(CC(=O)N2Cc3cc(F)ccc3OC[C@H]2C(F)(F)F)C1=O. The number of carbonyl (C=O) groups excluding carboxylic acids is 4. The number of anilines is 1. The molecule has 14 heteroatoms.